The van der Waals surface area contributed by atoms with Gasteiger partial charge in [-0.1, -0.05) is 18.2 Å². The highest BCUT2D eigenvalue weighted by Crippen LogP contribution is 2.43. The molecule has 5 heteroatoms. The Kier molecular flexibility index (Phi) is 4.29. The number of β-amino-alcohol motifs (C(OH)–C–C–N with tert-alkyl or cyclic N) is 1. The van der Waals surface area contributed by atoms with E-state index in [1.165, 1.54) is 11.3 Å². The van der Waals surface area contributed by atoms with Crippen molar-refractivity contribution in [1.82, 2.24) is 10.2 Å². The molecule has 0 saturated carbocycles. The van der Waals surface area contributed by atoms with Gasteiger partial charge in [0, 0.05) is 24.2 Å². The summed E-state index contributed by atoms with van der Waals surface area (Å²) in [5.41, 5.74) is 2.09. The average Bonchev–Trinajstić information content (AvgIpc) is 2.97. The van der Waals surface area contributed by atoms with E-state index in [2.05, 4.69) is 39.8 Å². The lowest BCUT2D eigenvalue weighted by molar-refractivity contribution is -0.104. The topological polar surface area (TPSA) is 67.8 Å². The van der Waals surface area contributed by atoms with Crippen LogP contribution in [-0.4, -0.2) is 66.1 Å². The summed E-state index contributed by atoms with van der Waals surface area (Å²) in [6.45, 7) is 5.17. The summed E-state index contributed by atoms with van der Waals surface area (Å²) in [7, 11) is 0. The zero-order valence-corrected chi connectivity index (χ0v) is 14.3. The molecule has 24 heavy (non-hydrogen) atoms. The Morgan fingerprint density at radius 1 is 1.08 bits per heavy atom. The number of fused-ring (bicyclic) bond motifs is 2. The monoisotopic (exact) mass is 331 g/mol. The van der Waals surface area contributed by atoms with Gasteiger partial charge in [-0.3, -0.25) is 0 Å². The van der Waals surface area contributed by atoms with Crippen molar-refractivity contribution >= 4 is 5.69 Å². The lowest BCUT2D eigenvalue weighted by atomic mass is 9.74. The van der Waals surface area contributed by atoms with Gasteiger partial charge >= 0.3 is 0 Å². The minimum Gasteiger partial charge on any atom is -0.389 e. The van der Waals surface area contributed by atoms with Crippen LogP contribution in [0.2, 0.25) is 0 Å². The molecule has 3 aliphatic heterocycles. The highest BCUT2D eigenvalue weighted by atomic mass is 16.3. The fraction of sp³-hybridized carbons (Fsp3) is 0.684. The highest BCUT2D eigenvalue weighted by molar-refractivity contribution is 5.60. The molecule has 4 rings (SSSR count). The van der Waals surface area contributed by atoms with Crippen LogP contribution in [0.3, 0.4) is 0 Å². The number of piperidine rings is 2. The smallest absolute Gasteiger partial charge is 0.0954 e. The molecule has 2 fully saturated rings. The van der Waals surface area contributed by atoms with Crippen LogP contribution < -0.4 is 10.6 Å². The Morgan fingerprint density at radius 3 is 2.54 bits per heavy atom. The first-order valence-electron chi connectivity index (χ1n) is 9.28. The second-order valence-electron chi connectivity index (χ2n) is 7.85. The van der Waals surface area contributed by atoms with Crippen molar-refractivity contribution < 1.29 is 10.2 Å². The molecule has 1 aromatic rings. The fourth-order valence-corrected chi connectivity index (χ4v) is 4.68. The first kappa shape index (κ1) is 16.3. The summed E-state index contributed by atoms with van der Waals surface area (Å²) >= 11 is 0. The quantitative estimate of drug-likeness (QED) is 0.663. The summed E-state index contributed by atoms with van der Waals surface area (Å²) in [5.74, 6) is 0. The molecule has 0 radical (unpaired) electrons. The molecule has 2 saturated heterocycles. The molecule has 0 unspecified atom stereocenters. The van der Waals surface area contributed by atoms with E-state index in [9.17, 15) is 10.2 Å². The van der Waals surface area contributed by atoms with Crippen molar-refractivity contribution in [2.75, 3.05) is 44.6 Å². The number of benzene rings is 1. The summed E-state index contributed by atoms with van der Waals surface area (Å²) in [5, 5.41) is 28.1. The molecule has 3 heterocycles. The molecule has 132 valence electrons. The van der Waals surface area contributed by atoms with Crippen molar-refractivity contribution in [1.29, 1.82) is 0 Å². The fourth-order valence-electron chi connectivity index (χ4n) is 4.68. The molecular formula is C19H29N3O2. The van der Waals surface area contributed by atoms with Crippen LogP contribution in [0.15, 0.2) is 24.3 Å². The number of para-hydroxylation sites is 1. The Labute approximate surface area is 144 Å². The van der Waals surface area contributed by atoms with Crippen LogP contribution in [0.25, 0.3) is 0 Å². The standard InChI is InChI=1S/C19H29N3O2/c23-17(19(24)5-9-20-10-6-19)13-22-11-7-18(8-12-22)14-21-16-4-2-1-3-15(16)18/h1-4,17,20-21,23-24H,5-14H2/t17-/m0/s1. The van der Waals surface area contributed by atoms with Crippen LogP contribution in [0.4, 0.5) is 5.69 Å². The van der Waals surface area contributed by atoms with E-state index < -0.39 is 11.7 Å². The maximum absolute atomic E-state index is 10.7. The van der Waals surface area contributed by atoms with Gasteiger partial charge in [-0.15, -0.1) is 0 Å². The normalized spacial score (nSPS) is 26.8. The minimum atomic E-state index is -0.915. The Morgan fingerprint density at radius 2 is 1.79 bits per heavy atom. The highest BCUT2D eigenvalue weighted by Gasteiger charge is 2.43. The Bertz CT molecular complexity index is 578. The predicted molar refractivity (Wildman–Crippen MR) is 95.3 cm³/mol. The number of nitrogens with one attached hydrogen (secondary N) is 2. The minimum absolute atomic E-state index is 0.254. The second kappa shape index (κ2) is 6.30. The molecule has 4 N–H and O–H groups in total. The summed E-state index contributed by atoms with van der Waals surface area (Å²) in [6.07, 6.45) is 2.86. The van der Waals surface area contributed by atoms with Crippen molar-refractivity contribution in [2.24, 2.45) is 0 Å². The van der Waals surface area contributed by atoms with Gasteiger partial charge in [0.25, 0.3) is 0 Å². The van der Waals surface area contributed by atoms with Gasteiger partial charge in [-0.05, 0) is 63.5 Å². The summed E-state index contributed by atoms with van der Waals surface area (Å²) in [6, 6.07) is 8.66. The summed E-state index contributed by atoms with van der Waals surface area (Å²) in [4.78, 5) is 2.33. The van der Waals surface area contributed by atoms with Crippen LogP contribution in [0, 0.1) is 0 Å². The molecular weight excluding hydrogens is 302 g/mol. The molecule has 0 aromatic heterocycles. The van der Waals surface area contributed by atoms with Crippen LogP contribution >= 0.6 is 0 Å². The predicted octanol–water partition coefficient (Wildman–Crippen LogP) is 0.921. The van der Waals surface area contributed by atoms with Crippen LogP contribution in [0.1, 0.15) is 31.2 Å². The van der Waals surface area contributed by atoms with E-state index in [0.29, 0.717) is 19.4 Å². The number of hydrogen-bond donors (Lipinski definition) is 4. The SMILES string of the molecule is O[C@@H](CN1CCC2(CC1)CNc1ccccc12)C1(O)CCNCC1. The summed E-state index contributed by atoms with van der Waals surface area (Å²) < 4.78 is 0. The van der Waals surface area contributed by atoms with Gasteiger partial charge in [-0.25, -0.2) is 0 Å². The van der Waals surface area contributed by atoms with Gasteiger partial charge in [0.2, 0.25) is 0 Å². The largest absolute Gasteiger partial charge is 0.389 e. The van der Waals surface area contributed by atoms with Gasteiger partial charge < -0.3 is 25.7 Å². The zero-order chi connectivity index (χ0) is 16.6. The number of aliphatic hydroxyl groups is 2. The molecule has 0 amide bonds. The number of nitrogens with zero attached hydrogens (tertiary/aromatic N) is 1. The maximum atomic E-state index is 10.7. The Hall–Kier alpha value is -1.14. The molecule has 0 bridgehead atoms. The van der Waals surface area contributed by atoms with Crippen molar-refractivity contribution in [3.63, 3.8) is 0 Å². The molecule has 1 spiro atoms. The van der Waals surface area contributed by atoms with E-state index in [-0.39, 0.29) is 5.41 Å². The first-order chi connectivity index (χ1) is 11.6. The van der Waals surface area contributed by atoms with Gasteiger partial charge in [0.05, 0.1) is 11.7 Å². The van der Waals surface area contributed by atoms with Crippen molar-refractivity contribution in [2.45, 2.75) is 42.8 Å². The van der Waals surface area contributed by atoms with Gasteiger partial charge in [-0.2, -0.15) is 0 Å². The number of likely N-dealkylation sites (tertiary alicyclic amines) is 1. The maximum Gasteiger partial charge on any atom is 0.0954 e. The average molecular weight is 331 g/mol. The third kappa shape index (κ3) is 2.84. The Balaban J connectivity index is 1.37. The number of aliphatic hydroxyl groups excluding tert-OH is 1. The third-order valence-corrected chi connectivity index (χ3v) is 6.45. The molecule has 3 aliphatic rings. The zero-order valence-electron chi connectivity index (χ0n) is 14.3. The first-order valence-corrected chi connectivity index (χ1v) is 9.28. The van der Waals surface area contributed by atoms with E-state index in [1.54, 1.807) is 0 Å². The molecule has 1 aromatic carbocycles. The number of anilines is 1. The number of hydrogen-bond acceptors (Lipinski definition) is 5. The van der Waals surface area contributed by atoms with Crippen molar-refractivity contribution in [3.05, 3.63) is 29.8 Å². The lowest BCUT2D eigenvalue weighted by Crippen LogP contribution is -2.55. The van der Waals surface area contributed by atoms with E-state index in [0.717, 1.165) is 45.6 Å². The van der Waals surface area contributed by atoms with Crippen LogP contribution in [-0.2, 0) is 5.41 Å². The lowest BCUT2D eigenvalue weighted by Gasteiger charge is -2.43. The molecule has 1 atom stereocenters. The van der Waals surface area contributed by atoms with Gasteiger partial charge in [0.1, 0.15) is 0 Å². The van der Waals surface area contributed by atoms with E-state index >= 15 is 0 Å². The van der Waals surface area contributed by atoms with Gasteiger partial charge in [0.15, 0.2) is 0 Å². The van der Waals surface area contributed by atoms with Crippen LogP contribution in [0.5, 0.6) is 0 Å². The van der Waals surface area contributed by atoms with Crippen molar-refractivity contribution in [3.8, 4) is 0 Å². The van der Waals surface area contributed by atoms with E-state index in [1.807, 2.05) is 0 Å². The molecule has 0 aliphatic carbocycles. The van der Waals surface area contributed by atoms with E-state index in [4.69, 9.17) is 0 Å². The second-order valence-corrected chi connectivity index (χ2v) is 7.85. The molecule has 5 nitrogen and oxygen atoms in total. The number of rotatable bonds is 3. The third-order valence-electron chi connectivity index (χ3n) is 6.45.